The van der Waals surface area contributed by atoms with Crippen molar-refractivity contribution in [3.05, 3.63) is 56.5 Å². The van der Waals surface area contributed by atoms with Crippen molar-refractivity contribution in [2.45, 2.75) is 4.34 Å². The van der Waals surface area contributed by atoms with E-state index in [1.54, 1.807) is 35.0 Å². The summed E-state index contributed by atoms with van der Waals surface area (Å²) < 4.78 is 8.16. The van der Waals surface area contributed by atoms with Crippen molar-refractivity contribution in [1.29, 1.82) is 0 Å². The highest BCUT2D eigenvalue weighted by atomic mass is 35.5. The Balaban J connectivity index is 1.66. The third-order valence-electron chi connectivity index (χ3n) is 3.36. The first-order valence-electron chi connectivity index (χ1n) is 7.58. The first-order chi connectivity index (χ1) is 13.0. The highest BCUT2D eigenvalue weighted by Crippen LogP contribution is 2.29. The average Bonchev–Trinajstić information content (AvgIpc) is 3.02. The maximum atomic E-state index is 12.3. The van der Waals surface area contributed by atoms with Crippen LogP contribution >= 0.6 is 58.5 Å². The van der Waals surface area contributed by atoms with Crippen LogP contribution in [-0.4, -0.2) is 28.6 Å². The van der Waals surface area contributed by atoms with Gasteiger partial charge < -0.3 is 10.1 Å². The van der Waals surface area contributed by atoms with Gasteiger partial charge in [0.2, 0.25) is 5.91 Å². The first-order valence-corrected chi connectivity index (χ1v) is 10.5. The fourth-order valence-corrected chi connectivity index (χ4v) is 4.62. The molecule has 10 heteroatoms. The molecular weight excluding hydrogens is 445 g/mol. The van der Waals surface area contributed by atoms with Crippen molar-refractivity contribution < 1.29 is 9.53 Å². The quantitative estimate of drug-likeness (QED) is 0.379. The van der Waals surface area contributed by atoms with Crippen molar-refractivity contribution >= 4 is 70.1 Å². The summed E-state index contributed by atoms with van der Waals surface area (Å²) in [6, 6.07) is 12.3. The van der Waals surface area contributed by atoms with E-state index >= 15 is 0 Å². The number of thioether (sulfide) groups is 1. The molecule has 5 nitrogen and oxygen atoms in total. The number of hydrogen-bond acceptors (Lipinski definition) is 6. The van der Waals surface area contributed by atoms with Crippen LogP contribution in [0, 0.1) is 3.95 Å². The Hall–Kier alpha value is -1.58. The second kappa shape index (κ2) is 9.07. The smallest absolute Gasteiger partial charge is 0.234 e. The number of methoxy groups -OCH3 is 1. The Bertz CT molecular complexity index is 1020. The van der Waals surface area contributed by atoms with Crippen LogP contribution in [0.25, 0.3) is 5.69 Å². The predicted molar refractivity (Wildman–Crippen MR) is 115 cm³/mol. The molecule has 0 unspecified atom stereocenters. The van der Waals surface area contributed by atoms with E-state index in [1.807, 2.05) is 12.1 Å². The topological polar surface area (TPSA) is 56.1 Å². The molecule has 0 spiro atoms. The summed E-state index contributed by atoms with van der Waals surface area (Å²) in [5.41, 5.74) is 1.34. The van der Waals surface area contributed by atoms with Crippen LogP contribution in [0.2, 0.25) is 10.0 Å². The van der Waals surface area contributed by atoms with Crippen molar-refractivity contribution in [1.82, 2.24) is 9.78 Å². The third kappa shape index (κ3) is 5.24. The number of carbonyl (C=O) groups is 1. The number of benzene rings is 2. The maximum Gasteiger partial charge on any atom is 0.234 e. The number of rotatable bonds is 6. The van der Waals surface area contributed by atoms with E-state index in [0.717, 1.165) is 5.69 Å². The Morgan fingerprint density at radius 3 is 2.67 bits per heavy atom. The number of amides is 1. The van der Waals surface area contributed by atoms with Crippen molar-refractivity contribution in [2.24, 2.45) is 0 Å². The zero-order chi connectivity index (χ0) is 19.4. The molecule has 0 aliphatic heterocycles. The molecule has 3 rings (SSSR count). The molecule has 0 aliphatic carbocycles. The van der Waals surface area contributed by atoms with Gasteiger partial charge in [-0.1, -0.05) is 46.3 Å². The standard InChI is InChI=1S/C17H13Cl2N3O2S3/c1-24-14-7-4-11(19)8-13(14)20-15(23)9-26-16-21-22(17(25)27-16)12-5-2-10(18)3-6-12/h2-8H,9H2,1H3,(H,20,23). The molecule has 1 heterocycles. The predicted octanol–water partition coefficient (Wildman–Crippen LogP) is 5.71. The Kier molecular flexibility index (Phi) is 6.78. The number of anilines is 1. The van der Waals surface area contributed by atoms with Gasteiger partial charge in [0.05, 0.1) is 24.2 Å². The van der Waals surface area contributed by atoms with E-state index < -0.39 is 0 Å². The second-order valence-corrected chi connectivity index (χ2v) is 8.92. The summed E-state index contributed by atoms with van der Waals surface area (Å²) in [6.45, 7) is 0. The molecule has 0 radical (unpaired) electrons. The molecular formula is C17H13Cl2N3O2S3. The highest BCUT2D eigenvalue weighted by Gasteiger charge is 2.12. The summed E-state index contributed by atoms with van der Waals surface area (Å²) in [5, 5.41) is 8.41. The SMILES string of the molecule is COc1ccc(Cl)cc1NC(=O)CSc1nn(-c2ccc(Cl)cc2)c(=S)s1. The molecule has 0 saturated heterocycles. The minimum Gasteiger partial charge on any atom is -0.495 e. The third-order valence-corrected chi connectivity index (χ3v) is 6.22. The van der Waals surface area contributed by atoms with E-state index in [0.29, 0.717) is 29.8 Å². The molecule has 140 valence electrons. The molecule has 1 amide bonds. The molecule has 2 aromatic carbocycles. The number of ether oxygens (including phenoxy) is 1. The molecule has 1 aromatic heterocycles. The van der Waals surface area contributed by atoms with Crippen LogP contribution < -0.4 is 10.1 Å². The highest BCUT2D eigenvalue weighted by molar-refractivity contribution is 8.01. The summed E-state index contributed by atoms with van der Waals surface area (Å²) in [6.07, 6.45) is 0. The van der Waals surface area contributed by atoms with Crippen LogP contribution in [0.4, 0.5) is 5.69 Å². The van der Waals surface area contributed by atoms with E-state index in [-0.39, 0.29) is 11.7 Å². The second-order valence-electron chi connectivity index (χ2n) is 5.20. The molecule has 0 saturated carbocycles. The molecule has 1 N–H and O–H groups in total. The average molecular weight is 458 g/mol. The van der Waals surface area contributed by atoms with Gasteiger partial charge in [-0.05, 0) is 54.7 Å². The summed E-state index contributed by atoms with van der Waals surface area (Å²) >= 11 is 19.9. The number of hydrogen-bond donors (Lipinski definition) is 1. The van der Waals surface area contributed by atoms with Crippen molar-refractivity contribution in [3.63, 3.8) is 0 Å². The van der Waals surface area contributed by atoms with Gasteiger partial charge >= 0.3 is 0 Å². The molecule has 0 bridgehead atoms. The van der Waals surface area contributed by atoms with Gasteiger partial charge in [0.25, 0.3) is 0 Å². The van der Waals surface area contributed by atoms with Gasteiger partial charge in [0.15, 0.2) is 8.29 Å². The zero-order valence-electron chi connectivity index (χ0n) is 13.9. The van der Waals surface area contributed by atoms with E-state index in [1.165, 1.54) is 30.2 Å². The molecule has 3 aromatic rings. The lowest BCUT2D eigenvalue weighted by atomic mass is 10.3. The largest absolute Gasteiger partial charge is 0.495 e. The van der Waals surface area contributed by atoms with Gasteiger partial charge in [0, 0.05) is 10.0 Å². The summed E-state index contributed by atoms with van der Waals surface area (Å²) in [5.74, 6) is 0.527. The van der Waals surface area contributed by atoms with Gasteiger partial charge in [0.1, 0.15) is 5.75 Å². The van der Waals surface area contributed by atoms with Crippen LogP contribution in [-0.2, 0) is 4.79 Å². The van der Waals surface area contributed by atoms with Gasteiger partial charge in [-0.15, -0.1) is 5.10 Å². The Morgan fingerprint density at radius 2 is 1.96 bits per heavy atom. The molecule has 0 fully saturated rings. The Labute approximate surface area is 179 Å². The van der Waals surface area contributed by atoms with Gasteiger partial charge in [-0.3, -0.25) is 4.79 Å². The summed E-state index contributed by atoms with van der Waals surface area (Å²) in [7, 11) is 1.53. The fourth-order valence-electron chi connectivity index (χ4n) is 2.16. The summed E-state index contributed by atoms with van der Waals surface area (Å²) in [4.78, 5) is 12.3. The lowest BCUT2D eigenvalue weighted by Gasteiger charge is -2.10. The van der Waals surface area contributed by atoms with Crippen LogP contribution in [0.1, 0.15) is 0 Å². The fraction of sp³-hybridized carbons (Fsp3) is 0.118. The Morgan fingerprint density at radius 1 is 1.26 bits per heavy atom. The first kappa shape index (κ1) is 20.2. The number of carbonyl (C=O) groups excluding carboxylic acids is 1. The van der Waals surface area contributed by atoms with Gasteiger partial charge in [-0.25, -0.2) is 4.68 Å². The zero-order valence-corrected chi connectivity index (χ0v) is 17.9. The van der Waals surface area contributed by atoms with Crippen molar-refractivity contribution in [2.75, 3.05) is 18.2 Å². The van der Waals surface area contributed by atoms with Crippen molar-refractivity contribution in [3.8, 4) is 11.4 Å². The maximum absolute atomic E-state index is 12.3. The van der Waals surface area contributed by atoms with Gasteiger partial charge in [-0.2, -0.15) is 0 Å². The molecule has 27 heavy (non-hydrogen) atoms. The molecule has 0 atom stereocenters. The lowest BCUT2D eigenvalue weighted by molar-refractivity contribution is -0.113. The van der Waals surface area contributed by atoms with Crippen LogP contribution in [0.3, 0.4) is 0 Å². The van der Waals surface area contributed by atoms with E-state index in [4.69, 9.17) is 40.2 Å². The minimum absolute atomic E-state index is 0.179. The van der Waals surface area contributed by atoms with E-state index in [9.17, 15) is 4.79 Å². The minimum atomic E-state index is -0.195. The normalized spacial score (nSPS) is 10.6. The monoisotopic (exact) mass is 457 g/mol. The van der Waals surface area contributed by atoms with E-state index in [2.05, 4.69) is 10.4 Å². The number of nitrogens with one attached hydrogen (secondary N) is 1. The lowest BCUT2D eigenvalue weighted by Crippen LogP contribution is -2.14. The number of aromatic nitrogens is 2. The van der Waals surface area contributed by atoms with Crippen LogP contribution in [0.5, 0.6) is 5.75 Å². The number of halogens is 2. The molecule has 0 aliphatic rings. The number of nitrogens with zero attached hydrogens (tertiary/aromatic N) is 2. The van der Waals surface area contributed by atoms with Crippen LogP contribution in [0.15, 0.2) is 46.8 Å².